The molecule has 3 heterocycles. The minimum Gasteiger partial charge on any atom is -0.384 e. The number of aromatic nitrogens is 3. The zero-order chi connectivity index (χ0) is 19.9. The predicted molar refractivity (Wildman–Crippen MR) is 105 cm³/mol. The fourth-order valence-electron chi connectivity index (χ4n) is 3.83. The summed E-state index contributed by atoms with van der Waals surface area (Å²) in [5, 5.41) is 12.9. The number of nitrogens with zero attached hydrogens (tertiary/aromatic N) is 4. The number of hydrogen-bond acceptors (Lipinski definition) is 7. The summed E-state index contributed by atoms with van der Waals surface area (Å²) in [6, 6.07) is 3.87. The Hall–Kier alpha value is -2.58. The predicted octanol–water partition coefficient (Wildman–Crippen LogP) is 2.09. The van der Waals surface area contributed by atoms with Crippen LogP contribution in [0.3, 0.4) is 0 Å². The van der Waals surface area contributed by atoms with Crippen molar-refractivity contribution in [2.75, 3.05) is 23.9 Å². The van der Waals surface area contributed by atoms with Crippen LogP contribution in [0.4, 0.5) is 11.6 Å². The molecule has 1 aliphatic heterocycles. The molecule has 2 aliphatic rings. The van der Waals surface area contributed by atoms with E-state index in [4.69, 9.17) is 9.72 Å². The van der Waals surface area contributed by atoms with E-state index in [-0.39, 0.29) is 24.6 Å². The van der Waals surface area contributed by atoms with E-state index in [1.165, 1.54) is 0 Å². The van der Waals surface area contributed by atoms with E-state index in [2.05, 4.69) is 15.3 Å². The number of anilines is 2. The van der Waals surface area contributed by atoms with E-state index in [0.29, 0.717) is 23.0 Å². The molecular formula is C20H25N5O3. The standard InChI is InChI=1S/C20H25N5O3/c1-20(2,27)16-7-4-12(9-21-16)15-10-22-18-19(23-15)25(11-17(26)24-18)13-5-6-14(8-13)28-3/h4,7,9-10,13-14,27H,5-6,8,11H2,1-3H3,(H,22,24,26)/t13-,14+/m1/s1. The smallest absolute Gasteiger partial charge is 0.245 e. The maximum absolute atomic E-state index is 12.1. The number of methoxy groups -OCH3 is 1. The van der Waals surface area contributed by atoms with Crippen LogP contribution in [0.2, 0.25) is 0 Å². The molecule has 8 heteroatoms. The quantitative estimate of drug-likeness (QED) is 0.834. The van der Waals surface area contributed by atoms with Crippen LogP contribution in [-0.2, 0) is 15.1 Å². The Kier molecular flexibility index (Phi) is 4.76. The third kappa shape index (κ3) is 3.57. The Morgan fingerprint density at radius 3 is 2.71 bits per heavy atom. The largest absolute Gasteiger partial charge is 0.384 e. The van der Waals surface area contributed by atoms with Gasteiger partial charge in [-0.15, -0.1) is 0 Å². The molecule has 4 rings (SSSR count). The van der Waals surface area contributed by atoms with Crippen LogP contribution < -0.4 is 10.2 Å². The molecule has 0 unspecified atom stereocenters. The van der Waals surface area contributed by atoms with Gasteiger partial charge >= 0.3 is 0 Å². The van der Waals surface area contributed by atoms with E-state index < -0.39 is 5.60 Å². The molecule has 0 aromatic carbocycles. The molecule has 0 spiro atoms. The summed E-state index contributed by atoms with van der Waals surface area (Å²) >= 11 is 0. The second kappa shape index (κ2) is 7.10. The van der Waals surface area contributed by atoms with Gasteiger partial charge in [0.05, 0.1) is 30.2 Å². The summed E-state index contributed by atoms with van der Waals surface area (Å²) in [6.07, 6.45) is 6.34. The summed E-state index contributed by atoms with van der Waals surface area (Å²) in [5.41, 5.74) is 1.08. The molecule has 0 bridgehead atoms. The minimum absolute atomic E-state index is 0.0772. The Morgan fingerprint density at radius 2 is 2.07 bits per heavy atom. The topological polar surface area (TPSA) is 100 Å². The first-order chi connectivity index (χ1) is 13.3. The lowest BCUT2D eigenvalue weighted by molar-refractivity contribution is -0.115. The Labute approximate surface area is 164 Å². The fourth-order valence-corrected chi connectivity index (χ4v) is 3.83. The van der Waals surface area contributed by atoms with Crippen molar-refractivity contribution >= 4 is 17.5 Å². The van der Waals surface area contributed by atoms with Crippen LogP contribution in [-0.4, -0.2) is 51.8 Å². The van der Waals surface area contributed by atoms with E-state index >= 15 is 0 Å². The number of aliphatic hydroxyl groups is 1. The van der Waals surface area contributed by atoms with Crippen LogP contribution in [0.25, 0.3) is 11.3 Å². The summed E-state index contributed by atoms with van der Waals surface area (Å²) in [7, 11) is 1.73. The molecule has 2 atom stereocenters. The SMILES string of the molecule is CO[C@H]1CC[C@@H](N2CC(=O)Nc3ncc(-c4ccc(C(C)(C)O)nc4)nc32)C1. The molecule has 2 aromatic rings. The highest BCUT2D eigenvalue weighted by Gasteiger charge is 2.35. The third-order valence-corrected chi connectivity index (χ3v) is 5.41. The molecule has 28 heavy (non-hydrogen) atoms. The average molecular weight is 383 g/mol. The van der Waals surface area contributed by atoms with Gasteiger partial charge in [-0.3, -0.25) is 9.78 Å². The number of fused-ring (bicyclic) bond motifs is 1. The van der Waals surface area contributed by atoms with Crippen LogP contribution in [0.5, 0.6) is 0 Å². The van der Waals surface area contributed by atoms with Gasteiger partial charge in [-0.1, -0.05) is 0 Å². The second-order valence-corrected chi connectivity index (χ2v) is 7.92. The van der Waals surface area contributed by atoms with Gasteiger partial charge in [-0.2, -0.15) is 0 Å². The highest BCUT2D eigenvalue weighted by atomic mass is 16.5. The fraction of sp³-hybridized carbons (Fsp3) is 0.500. The first kappa shape index (κ1) is 18.8. The maximum Gasteiger partial charge on any atom is 0.245 e. The molecule has 0 saturated heterocycles. The number of carbonyl (C=O) groups is 1. The van der Waals surface area contributed by atoms with E-state index in [9.17, 15) is 9.90 Å². The van der Waals surface area contributed by atoms with Gasteiger partial charge < -0.3 is 20.1 Å². The van der Waals surface area contributed by atoms with Crippen molar-refractivity contribution in [3.63, 3.8) is 0 Å². The lowest BCUT2D eigenvalue weighted by Gasteiger charge is -2.34. The van der Waals surface area contributed by atoms with E-state index in [1.54, 1.807) is 39.4 Å². The molecule has 148 valence electrons. The van der Waals surface area contributed by atoms with E-state index in [1.807, 2.05) is 11.0 Å². The monoisotopic (exact) mass is 383 g/mol. The molecule has 1 saturated carbocycles. The lowest BCUT2D eigenvalue weighted by atomic mass is 10.0. The van der Waals surface area contributed by atoms with Crippen LogP contribution in [0.1, 0.15) is 38.8 Å². The van der Waals surface area contributed by atoms with Crippen molar-refractivity contribution in [2.24, 2.45) is 0 Å². The van der Waals surface area contributed by atoms with Gasteiger partial charge in [-0.25, -0.2) is 9.97 Å². The van der Waals surface area contributed by atoms with Gasteiger partial charge in [0.2, 0.25) is 5.91 Å². The third-order valence-electron chi connectivity index (χ3n) is 5.41. The molecule has 1 fully saturated rings. The highest BCUT2D eigenvalue weighted by Crippen LogP contribution is 2.35. The first-order valence-electron chi connectivity index (χ1n) is 9.51. The van der Waals surface area contributed by atoms with Crippen molar-refractivity contribution in [1.29, 1.82) is 0 Å². The molecular weight excluding hydrogens is 358 g/mol. The van der Waals surface area contributed by atoms with E-state index in [0.717, 1.165) is 24.8 Å². The normalized spacial score (nSPS) is 22.1. The number of carbonyl (C=O) groups excluding carboxylic acids is 1. The first-order valence-corrected chi connectivity index (χ1v) is 9.51. The van der Waals surface area contributed by atoms with Crippen molar-refractivity contribution in [2.45, 2.75) is 50.9 Å². The number of nitrogens with one attached hydrogen (secondary N) is 1. The van der Waals surface area contributed by atoms with Gasteiger partial charge in [0, 0.05) is 24.9 Å². The van der Waals surface area contributed by atoms with Crippen molar-refractivity contribution in [3.05, 3.63) is 30.2 Å². The molecule has 2 aromatic heterocycles. The Morgan fingerprint density at radius 1 is 1.25 bits per heavy atom. The number of hydrogen-bond donors (Lipinski definition) is 2. The Balaban J connectivity index is 1.66. The highest BCUT2D eigenvalue weighted by molar-refractivity contribution is 5.99. The summed E-state index contributed by atoms with van der Waals surface area (Å²) in [4.78, 5) is 27.8. The number of amides is 1. The maximum atomic E-state index is 12.1. The summed E-state index contributed by atoms with van der Waals surface area (Å²) in [6.45, 7) is 3.66. The zero-order valence-electron chi connectivity index (χ0n) is 16.3. The second-order valence-electron chi connectivity index (χ2n) is 7.92. The lowest BCUT2D eigenvalue weighted by Crippen LogP contribution is -2.44. The van der Waals surface area contributed by atoms with Crippen LogP contribution >= 0.6 is 0 Å². The van der Waals surface area contributed by atoms with Crippen LogP contribution in [0.15, 0.2) is 24.5 Å². The van der Waals surface area contributed by atoms with Gasteiger partial charge in [0.1, 0.15) is 5.60 Å². The van der Waals surface area contributed by atoms with Crippen molar-refractivity contribution in [1.82, 2.24) is 15.0 Å². The molecule has 1 amide bonds. The van der Waals surface area contributed by atoms with Crippen LogP contribution in [0, 0.1) is 0 Å². The molecule has 1 aliphatic carbocycles. The average Bonchev–Trinajstić information content (AvgIpc) is 3.15. The molecule has 2 N–H and O–H groups in total. The minimum atomic E-state index is -0.999. The molecule has 8 nitrogen and oxygen atoms in total. The van der Waals surface area contributed by atoms with Gasteiger partial charge in [0.15, 0.2) is 11.6 Å². The number of rotatable bonds is 4. The van der Waals surface area contributed by atoms with Gasteiger partial charge in [-0.05, 0) is 45.2 Å². The van der Waals surface area contributed by atoms with Crippen molar-refractivity contribution in [3.8, 4) is 11.3 Å². The number of pyridine rings is 1. The summed E-state index contributed by atoms with van der Waals surface area (Å²) in [5.74, 6) is 1.10. The Bertz CT molecular complexity index is 878. The molecule has 0 radical (unpaired) electrons. The zero-order valence-corrected chi connectivity index (χ0v) is 16.3. The summed E-state index contributed by atoms with van der Waals surface area (Å²) < 4.78 is 5.49. The van der Waals surface area contributed by atoms with Crippen molar-refractivity contribution < 1.29 is 14.6 Å². The van der Waals surface area contributed by atoms with Gasteiger partial charge in [0.25, 0.3) is 0 Å². The number of ether oxygens (including phenoxy) is 1.